The maximum atomic E-state index is 5.72. The van der Waals surface area contributed by atoms with E-state index in [2.05, 4.69) is 5.10 Å². The Kier molecular flexibility index (Phi) is 5.31. The molecule has 0 saturated carbocycles. The lowest BCUT2D eigenvalue weighted by atomic mass is 10.2. The van der Waals surface area contributed by atoms with Crippen LogP contribution < -0.4 is 5.73 Å². The highest BCUT2D eigenvalue weighted by atomic mass is 16.5. The Morgan fingerprint density at radius 2 is 2.27 bits per heavy atom. The SMILES string of the molecule is COCCOCCn1cc(C(C)N)cn1. The van der Waals surface area contributed by atoms with E-state index in [1.165, 1.54) is 0 Å². The van der Waals surface area contributed by atoms with E-state index in [0.717, 1.165) is 12.1 Å². The maximum absolute atomic E-state index is 5.72. The number of nitrogens with two attached hydrogens (primary N) is 1. The van der Waals surface area contributed by atoms with Gasteiger partial charge in [0.2, 0.25) is 0 Å². The molecule has 0 amide bonds. The van der Waals surface area contributed by atoms with Gasteiger partial charge in [-0.3, -0.25) is 4.68 Å². The Bertz CT molecular complexity index is 273. The molecule has 5 nitrogen and oxygen atoms in total. The van der Waals surface area contributed by atoms with Crippen LogP contribution in [0.15, 0.2) is 12.4 Å². The van der Waals surface area contributed by atoms with Gasteiger partial charge in [0.05, 0.1) is 32.6 Å². The van der Waals surface area contributed by atoms with E-state index in [-0.39, 0.29) is 6.04 Å². The van der Waals surface area contributed by atoms with Crippen LogP contribution in [0.4, 0.5) is 0 Å². The summed E-state index contributed by atoms with van der Waals surface area (Å²) in [4.78, 5) is 0. The minimum atomic E-state index is 0.0353. The number of methoxy groups -OCH3 is 1. The molecule has 0 saturated heterocycles. The average Bonchev–Trinajstić information content (AvgIpc) is 2.66. The first kappa shape index (κ1) is 12.2. The Balaban J connectivity index is 2.20. The first-order valence-electron chi connectivity index (χ1n) is 5.08. The summed E-state index contributed by atoms with van der Waals surface area (Å²) in [5.74, 6) is 0. The molecule has 0 fully saturated rings. The normalized spacial score (nSPS) is 13.0. The molecule has 0 spiro atoms. The molecule has 0 radical (unpaired) electrons. The highest BCUT2D eigenvalue weighted by molar-refractivity contribution is 5.07. The van der Waals surface area contributed by atoms with E-state index < -0.39 is 0 Å². The zero-order valence-corrected chi connectivity index (χ0v) is 9.35. The van der Waals surface area contributed by atoms with Crippen molar-refractivity contribution in [1.29, 1.82) is 0 Å². The van der Waals surface area contributed by atoms with E-state index in [9.17, 15) is 0 Å². The van der Waals surface area contributed by atoms with Crippen molar-refractivity contribution in [3.8, 4) is 0 Å². The van der Waals surface area contributed by atoms with E-state index in [4.69, 9.17) is 15.2 Å². The Labute approximate surface area is 90.2 Å². The Morgan fingerprint density at radius 3 is 2.87 bits per heavy atom. The van der Waals surface area contributed by atoms with Gasteiger partial charge < -0.3 is 15.2 Å². The summed E-state index contributed by atoms with van der Waals surface area (Å²) in [6.07, 6.45) is 3.74. The molecule has 0 aliphatic carbocycles. The van der Waals surface area contributed by atoms with Gasteiger partial charge in [-0.15, -0.1) is 0 Å². The minimum absolute atomic E-state index is 0.0353. The van der Waals surface area contributed by atoms with E-state index in [1.807, 2.05) is 17.8 Å². The molecule has 5 heteroatoms. The van der Waals surface area contributed by atoms with Gasteiger partial charge in [0.15, 0.2) is 0 Å². The summed E-state index contributed by atoms with van der Waals surface area (Å²) >= 11 is 0. The van der Waals surface area contributed by atoms with Gasteiger partial charge in [-0.2, -0.15) is 5.10 Å². The van der Waals surface area contributed by atoms with Gasteiger partial charge in [0.25, 0.3) is 0 Å². The summed E-state index contributed by atoms with van der Waals surface area (Å²) < 4.78 is 12.0. The third-order valence-electron chi connectivity index (χ3n) is 2.08. The van der Waals surface area contributed by atoms with Crippen LogP contribution >= 0.6 is 0 Å². The lowest BCUT2D eigenvalue weighted by molar-refractivity contribution is 0.0654. The standard InChI is InChI=1S/C10H19N3O2/c1-9(11)10-7-12-13(8-10)3-4-15-6-5-14-2/h7-9H,3-6,11H2,1-2H3. The Hall–Kier alpha value is -0.910. The quantitative estimate of drug-likeness (QED) is 0.672. The van der Waals surface area contributed by atoms with Gasteiger partial charge in [0, 0.05) is 24.9 Å². The molecule has 15 heavy (non-hydrogen) atoms. The second kappa shape index (κ2) is 6.55. The van der Waals surface area contributed by atoms with Crippen LogP contribution in [-0.4, -0.2) is 36.7 Å². The first-order chi connectivity index (χ1) is 7.24. The summed E-state index contributed by atoms with van der Waals surface area (Å²) in [6.45, 7) is 4.58. The molecule has 1 unspecified atom stereocenters. The molecule has 0 aliphatic rings. The van der Waals surface area contributed by atoms with Crippen LogP contribution in [0.2, 0.25) is 0 Å². The van der Waals surface area contributed by atoms with Crippen molar-refractivity contribution in [3.63, 3.8) is 0 Å². The summed E-state index contributed by atoms with van der Waals surface area (Å²) in [5.41, 5.74) is 6.77. The van der Waals surface area contributed by atoms with Crippen LogP contribution in [0.5, 0.6) is 0 Å². The lowest BCUT2D eigenvalue weighted by Gasteiger charge is -2.03. The number of ether oxygens (including phenoxy) is 2. The van der Waals surface area contributed by atoms with E-state index in [0.29, 0.717) is 19.8 Å². The number of hydrogen-bond acceptors (Lipinski definition) is 4. The fourth-order valence-corrected chi connectivity index (χ4v) is 1.14. The first-order valence-corrected chi connectivity index (χ1v) is 5.08. The number of rotatable bonds is 7. The molecule has 1 heterocycles. The van der Waals surface area contributed by atoms with Crippen LogP contribution in [0.3, 0.4) is 0 Å². The highest BCUT2D eigenvalue weighted by Gasteiger charge is 2.02. The second-order valence-corrected chi connectivity index (χ2v) is 3.43. The summed E-state index contributed by atoms with van der Waals surface area (Å²) in [5, 5.41) is 4.18. The monoisotopic (exact) mass is 213 g/mol. The zero-order chi connectivity index (χ0) is 11.1. The van der Waals surface area contributed by atoms with Crippen molar-refractivity contribution < 1.29 is 9.47 Å². The maximum Gasteiger partial charge on any atom is 0.0701 e. The largest absolute Gasteiger partial charge is 0.382 e. The molecule has 0 bridgehead atoms. The van der Waals surface area contributed by atoms with E-state index >= 15 is 0 Å². The summed E-state index contributed by atoms with van der Waals surface area (Å²) in [6, 6.07) is 0.0353. The van der Waals surface area contributed by atoms with Gasteiger partial charge in [-0.05, 0) is 6.92 Å². The van der Waals surface area contributed by atoms with Crippen molar-refractivity contribution in [2.75, 3.05) is 26.9 Å². The molecule has 1 atom stereocenters. The molecule has 2 N–H and O–H groups in total. The number of aromatic nitrogens is 2. The molecule has 1 aromatic heterocycles. The third-order valence-corrected chi connectivity index (χ3v) is 2.08. The van der Waals surface area contributed by atoms with Crippen molar-refractivity contribution in [2.45, 2.75) is 19.5 Å². The molecular formula is C10H19N3O2. The average molecular weight is 213 g/mol. The summed E-state index contributed by atoms with van der Waals surface area (Å²) in [7, 11) is 1.66. The van der Waals surface area contributed by atoms with Crippen molar-refractivity contribution in [1.82, 2.24) is 9.78 Å². The van der Waals surface area contributed by atoms with Gasteiger partial charge in [-0.25, -0.2) is 0 Å². The number of hydrogen-bond donors (Lipinski definition) is 1. The van der Waals surface area contributed by atoms with Crippen molar-refractivity contribution >= 4 is 0 Å². The molecule has 1 rings (SSSR count). The van der Waals surface area contributed by atoms with E-state index in [1.54, 1.807) is 13.3 Å². The predicted octanol–water partition coefficient (Wildman–Crippen LogP) is 0.566. The fraction of sp³-hybridized carbons (Fsp3) is 0.700. The second-order valence-electron chi connectivity index (χ2n) is 3.43. The van der Waals surface area contributed by atoms with Crippen LogP contribution in [0, 0.1) is 0 Å². The molecule has 86 valence electrons. The Morgan fingerprint density at radius 1 is 1.47 bits per heavy atom. The topological polar surface area (TPSA) is 62.3 Å². The van der Waals surface area contributed by atoms with Crippen LogP contribution in [0.1, 0.15) is 18.5 Å². The molecule has 0 aromatic carbocycles. The number of nitrogens with zero attached hydrogens (tertiary/aromatic N) is 2. The van der Waals surface area contributed by atoms with Gasteiger partial charge in [0.1, 0.15) is 0 Å². The molecule has 0 aliphatic heterocycles. The molecular weight excluding hydrogens is 194 g/mol. The minimum Gasteiger partial charge on any atom is -0.382 e. The predicted molar refractivity (Wildman–Crippen MR) is 57.5 cm³/mol. The van der Waals surface area contributed by atoms with Gasteiger partial charge >= 0.3 is 0 Å². The fourth-order valence-electron chi connectivity index (χ4n) is 1.14. The zero-order valence-electron chi connectivity index (χ0n) is 9.35. The smallest absolute Gasteiger partial charge is 0.0701 e. The lowest BCUT2D eigenvalue weighted by Crippen LogP contribution is -2.09. The highest BCUT2D eigenvalue weighted by Crippen LogP contribution is 2.06. The van der Waals surface area contributed by atoms with Crippen LogP contribution in [-0.2, 0) is 16.0 Å². The molecule has 1 aromatic rings. The van der Waals surface area contributed by atoms with Crippen molar-refractivity contribution in [3.05, 3.63) is 18.0 Å². The van der Waals surface area contributed by atoms with Gasteiger partial charge in [-0.1, -0.05) is 0 Å². The third kappa shape index (κ3) is 4.42. The van der Waals surface area contributed by atoms with Crippen molar-refractivity contribution in [2.24, 2.45) is 5.73 Å². The van der Waals surface area contributed by atoms with Crippen LogP contribution in [0.25, 0.3) is 0 Å².